The molecule has 37 heavy (non-hydrogen) atoms. The number of halogens is 4. The number of anilines is 5. The third-order valence-electron chi connectivity index (χ3n) is 4.77. The van der Waals surface area contributed by atoms with Gasteiger partial charge < -0.3 is 26.0 Å². The van der Waals surface area contributed by atoms with Gasteiger partial charge in [0.25, 0.3) is 5.91 Å². The fraction of sp³-hybridized carbons (Fsp3) is 0.0833. The molecular formula is C24H21ClF3N7O2. The lowest BCUT2D eigenvalue weighted by Crippen LogP contribution is -2.19. The van der Waals surface area contributed by atoms with Crippen molar-refractivity contribution in [2.75, 3.05) is 35.4 Å². The van der Waals surface area contributed by atoms with Crippen LogP contribution in [0.4, 0.5) is 42.1 Å². The Labute approximate surface area is 215 Å². The Morgan fingerprint density at radius 2 is 1.78 bits per heavy atom. The molecule has 4 aromatic rings. The molecule has 9 nitrogen and oxygen atoms in total. The fourth-order valence-electron chi connectivity index (χ4n) is 3.05. The van der Waals surface area contributed by atoms with Crippen LogP contribution in [0.2, 0.25) is 0 Å². The van der Waals surface area contributed by atoms with Crippen molar-refractivity contribution in [1.29, 1.82) is 0 Å². The molecule has 0 aliphatic carbocycles. The highest BCUT2D eigenvalue weighted by molar-refractivity contribution is 6.07. The number of aromatic nitrogens is 3. The number of carbonyl (C=O) groups is 1. The van der Waals surface area contributed by atoms with E-state index in [0.29, 0.717) is 11.8 Å². The third kappa shape index (κ3) is 6.55. The first-order valence-corrected chi connectivity index (χ1v) is 10.5. The summed E-state index contributed by atoms with van der Waals surface area (Å²) in [5.41, 5.74) is 5.58. The van der Waals surface area contributed by atoms with Gasteiger partial charge in [0.15, 0.2) is 11.6 Å². The molecule has 2 aromatic carbocycles. The van der Waals surface area contributed by atoms with Crippen LogP contribution < -0.4 is 26.0 Å². The minimum atomic E-state index is -0.947. The zero-order valence-corrected chi connectivity index (χ0v) is 20.3. The van der Waals surface area contributed by atoms with E-state index in [1.54, 1.807) is 19.0 Å². The number of amides is 1. The maximum atomic E-state index is 14.8. The van der Waals surface area contributed by atoms with Gasteiger partial charge in [-0.1, -0.05) is 0 Å². The molecule has 0 unspecified atom stereocenters. The van der Waals surface area contributed by atoms with Crippen LogP contribution in [0.15, 0.2) is 60.9 Å². The van der Waals surface area contributed by atoms with Gasteiger partial charge in [0.1, 0.15) is 34.6 Å². The van der Waals surface area contributed by atoms with Gasteiger partial charge in [-0.3, -0.25) is 4.79 Å². The van der Waals surface area contributed by atoms with Crippen molar-refractivity contribution in [1.82, 2.24) is 15.0 Å². The highest BCUT2D eigenvalue weighted by Crippen LogP contribution is 2.29. The van der Waals surface area contributed by atoms with Gasteiger partial charge in [-0.25, -0.2) is 23.1 Å². The molecule has 192 valence electrons. The van der Waals surface area contributed by atoms with Crippen molar-refractivity contribution < 1.29 is 22.7 Å². The van der Waals surface area contributed by atoms with E-state index >= 15 is 0 Å². The number of nitrogen functional groups attached to an aromatic ring is 1. The van der Waals surface area contributed by atoms with E-state index in [2.05, 4.69) is 25.6 Å². The molecule has 0 spiro atoms. The Morgan fingerprint density at radius 1 is 1.00 bits per heavy atom. The van der Waals surface area contributed by atoms with Crippen LogP contribution in [0.3, 0.4) is 0 Å². The van der Waals surface area contributed by atoms with E-state index < -0.39 is 23.4 Å². The SMILES string of the molecule is CN(C)c1ncc(C(=O)Nc2ccc(F)cc2F)c(Nc2ccc(Oc3ccnc(N)c3)c(F)c2)n1.Cl. The molecule has 2 aromatic heterocycles. The van der Waals surface area contributed by atoms with Gasteiger partial charge in [0, 0.05) is 50.4 Å². The molecule has 0 fully saturated rings. The van der Waals surface area contributed by atoms with Gasteiger partial charge in [-0.2, -0.15) is 4.98 Å². The molecule has 0 saturated heterocycles. The smallest absolute Gasteiger partial charge is 0.261 e. The molecule has 0 aliphatic rings. The Hall–Kier alpha value is -4.58. The predicted octanol–water partition coefficient (Wildman–Crippen LogP) is 5.15. The lowest BCUT2D eigenvalue weighted by molar-refractivity contribution is 0.102. The first-order chi connectivity index (χ1) is 17.2. The zero-order chi connectivity index (χ0) is 25.8. The standard InChI is InChI=1S/C24H20F3N7O2.ClH/c1-34(2)24-30-12-16(23(35)32-19-5-3-13(25)9-17(19)26)22(33-24)31-14-4-6-20(18(27)10-14)36-15-7-8-29-21(28)11-15;/h3-12H,1-2H3,(H2,28,29)(H,32,35)(H,30,31,33);1H. The van der Waals surface area contributed by atoms with Gasteiger partial charge >= 0.3 is 0 Å². The third-order valence-corrected chi connectivity index (χ3v) is 4.77. The Morgan fingerprint density at radius 3 is 2.46 bits per heavy atom. The number of benzene rings is 2. The molecule has 4 N–H and O–H groups in total. The molecule has 0 saturated carbocycles. The molecule has 0 aliphatic heterocycles. The maximum Gasteiger partial charge on any atom is 0.261 e. The van der Waals surface area contributed by atoms with Crippen LogP contribution in [0.1, 0.15) is 10.4 Å². The van der Waals surface area contributed by atoms with Gasteiger partial charge in [-0.05, 0) is 30.3 Å². The molecule has 4 rings (SSSR count). The summed E-state index contributed by atoms with van der Waals surface area (Å²) >= 11 is 0. The number of nitrogens with two attached hydrogens (primary N) is 1. The molecule has 1 amide bonds. The summed E-state index contributed by atoms with van der Waals surface area (Å²) in [6.45, 7) is 0. The van der Waals surface area contributed by atoms with E-state index in [-0.39, 0.29) is 52.7 Å². The van der Waals surface area contributed by atoms with Crippen molar-refractivity contribution in [3.63, 3.8) is 0 Å². The second kappa shape index (κ2) is 11.4. The maximum absolute atomic E-state index is 14.8. The first kappa shape index (κ1) is 27.0. The number of hydrogen-bond donors (Lipinski definition) is 3. The molecule has 2 heterocycles. The minimum absolute atomic E-state index is 0. The van der Waals surface area contributed by atoms with Crippen LogP contribution in [0, 0.1) is 17.5 Å². The Balaban J connectivity index is 0.00000380. The normalized spacial score (nSPS) is 10.3. The van der Waals surface area contributed by atoms with Crippen LogP contribution in [0.5, 0.6) is 11.5 Å². The second-order valence-electron chi connectivity index (χ2n) is 7.69. The molecule has 0 atom stereocenters. The average Bonchev–Trinajstić information content (AvgIpc) is 2.82. The highest BCUT2D eigenvalue weighted by atomic mass is 35.5. The van der Waals surface area contributed by atoms with E-state index in [1.165, 1.54) is 36.7 Å². The quantitative estimate of drug-likeness (QED) is 0.300. The van der Waals surface area contributed by atoms with Gasteiger partial charge in [-0.15, -0.1) is 12.4 Å². The molecule has 13 heteroatoms. The van der Waals surface area contributed by atoms with Crippen LogP contribution in [-0.2, 0) is 0 Å². The van der Waals surface area contributed by atoms with Crippen molar-refractivity contribution in [3.05, 3.63) is 83.9 Å². The van der Waals surface area contributed by atoms with E-state index in [4.69, 9.17) is 10.5 Å². The lowest BCUT2D eigenvalue weighted by atomic mass is 10.2. The van der Waals surface area contributed by atoms with E-state index in [9.17, 15) is 18.0 Å². The van der Waals surface area contributed by atoms with Crippen LogP contribution >= 0.6 is 12.4 Å². The number of hydrogen-bond acceptors (Lipinski definition) is 8. The number of nitrogens with one attached hydrogen (secondary N) is 2. The van der Waals surface area contributed by atoms with Gasteiger partial charge in [0.05, 0.1) is 5.69 Å². The van der Waals surface area contributed by atoms with Crippen LogP contribution in [0.25, 0.3) is 0 Å². The van der Waals surface area contributed by atoms with Crippen molar-refractivity contribution in [2.45, 2.75) is 0 Å². The summed E-state index contributed by atoms with van der Waals surface area (Å²) in [4.78, 5) is 26.8. The van der Waals surface area contributed by atoms with Crippen molar-refractivity contribution in [3.8, 4) is 11.5 Å². The number of rotatable bonds is 7. The monoisotopic (exact) mass is 531 g/mol. The summed E-state index contributed by atoms with van der Waals surface area (Å²) < 4.78 is 47.5. The molecule has 0 radical (unpaired) electrons. The number of carbonyl (C=O) groups excluding carboxylic acids is 1. The first-order valence-electron chi connectivity index (χ1n) is 10.5. The largest absolute Gasteiger partial charge is 0.454 e. The molecule has 0 bridgehead atoms. The minimum Gasteiger partial charge on any atom is -0.454 e. The predicted molar refractivity (Wildman–Crippen MR) is 136 cm³/mol. The molecular weight excluding hydrogens is 511 g/mol. The lowest BCUT2D eigenvalue weighted by Gasteiger charge is -2.16. The Kier molecular flexibility index (Phi) is 8.35. The summed E-state index contributed by atoms with van der Waals surface area (Å²) in [5, 5.41) is 5.24. The van der Waals surface area contributed by atoms with Crippen molar-refractivity contribution >= 4 is 47.3 Å². The second-order valence-corrected chi connectivity index (χ2v) is 7.69. The van der Waals surface area contributed by atoms with Crippen molar-refractivity contribution in [2.24, 2.45) is 0 Å². The van der Waals surface area contributed by atoms with E-state index in [0.717, 1.165) is 18.2 Å². The summed E-state index contributed by atoms with van der Waals surface area (Å²) in [6.07, 6.45) is 2.67. The number of pyridine rings is 1. The van der Waals surface area contributed by atoms with E-state index in [1.807, 2.05) is 0 Å². The Bertz CT molecular complexity index is 1440. The van der Waals surface area contributed by atoms with Crippen LogP contribution in [-0.4, -0.2) is 35.0 Å². The topological polar surface area (TPSA) is 118 Å². The average molecular weight is 532 g/mol. The fourth-order valence-corrected chi connectivity index (χ4v) is 3.05. The number of ether oxygens (including phenoxy) is 1. The summed E-state index contributed by atoms with van der Waals surface area (Å²) in [7, 11) is 3.40. The zero-order valence-electron chi connectivity index (χ0n) is 19.5. The highest BCUT2D eigenvalue weighted by Gasteiger charge is 2.18. The van der Waals surface area contributed by atoms with Gasteiger partial charge in [0.2, 0.25) is 5.95 Å². The number of nitrogens with zero attached hydrogens (tertiary/aromatic N) is 4. The summed E-state index contributed by atoms with van der Waals surface area (Å²) in [5.74, 6) is -2.43. The summed E-state index contributed by atoms with van der Waals surface area (Å²) in [6, 6.07) is 9.78.